The van der Waals surface area contributed by atoms with Crippen LogP contribution in [0.4, 0.5) is 4.39 Å². The molecule has 2 aliphatic heterocycles. The molecular formula is C17H17FN2O3. The van der Waals surface area contributed by atoms with Crippen LogP contribution in [0.2, 0.25) is 0 Å². The highest BCUT2D eigenvalue weighted by Gasteiger charge is 2.41. The number of hydrogen-bond acceptors (Lipinski definition) is 3. The number of carbonyl (C=O) groups is 3. The Morgan fingerprint density at radius 1 is 1.13 bits per heavy atom. The van der Waals surface area contributed by atoms with Crippen molar-refractivity contribution in [3.63, 3.8) is 0 Å². The minimum atomic E-state index is -0.648. The van der Waals surface area contributed by atoms with E-state index in [9.17, 15) is 18.8 Å². The number of nitrogens with one attached hydrogen (secondary N) is 1. The second-order valence-corrected chi connectivity index (χ2v) is 6.55. The molecule has 0 radical (unpaired) electrons. The van der Waals surface area contributed by atoms with Gasteiger partial charge in [-0.1, -0.05) is 6.42 Å². The van der Waals surface area contributed by atoms with Gasteiger partial charge in [-0.3, -0.25) is 19.7 Å². The first-order valence-electron chi connectivity index (χ1n) is 8.01. The fraction of sp³-hybridized carbons (Fsp3) is 0.471. The molecule has 2 heterocycles. The van der Waals surface area contributed by atoms with Crippen molar-refractivity contribution in [2.24, 2.45) is 0 Å². The van der Waals surface area contributed by atoms with Crippen molar-refractivity contribution < 1.29 is 18.8 Å². The summed E-state index contributed by atoms with van der Waals surface area (Å²) < 4.78 is 13.9. The quantitative estimate of drug-likeness (QED) is 0.847. The number of rotatable bonds is 2. The second kappa shape index (κ2) is 5.15. The fourth-order valence-electron chi connectivity index (χ4n) is 3.74. The SMILES string of the molecule is O=C1CCC(N2Cc3c(cc(F)cc3C3CCC3)C2=O)C(=O)N1. The number of hydrogen-bond donors (Lipinski definition) is 1. The molecule has 2 fully saturated rings. The van der Waals surface area contributed by atoms with Gasteiger partial charge in [0, 0.05) is 18.5 Å². The van der Waals surface area contributed by atoms with E-state index in [0.717, 1.165) is 30.4 Å². The maximum Gasteiger partial charge on any atom is 0.255 e. The van der Waals surface area contributed by atoms with Crippen LogP contribution in [0.15, 0.2) is 12.1 Å². The second-order valence-electron chi connectivity index (χ2n) is 6.55. The molecule has 1 aliphatic carbocycles. The Kier molecular flexibility index (Phi) is 3.21. The van der Waals surface area contributed by atoms with E-state index < -0.39 is 17.8 Å². The summed E-state index contributed by atoms with van der Waals surface area (Å²) in [5.74, 6) is -1.14. The Bertz CT molecular complexity index is 727. The highest BCUT2D eigenvalue weighted by molar-refractivity contribution is 6.05. The van der Waals surface area contributed by atoms with Crippen LogP contribution < -0.4 is 5.32 Å². The Hall–Kier alpha value is -2.24. The van der Waals surface area contributed by atoms with E-state index in [1.54, 1.807) is 0 Å². The predicted octanol–water partition coefficient (Wildman–Crippen LogP) is 1.85. The van der Waals surface area contributed by atoms with Gasteiger partial charge in [-0.25, -0.2) is 4.39 Å². The van der Waals surface area contributed by atoms with Crippen LogP contribution in [-0.4, -0.2) is 28.7 Å². The first-order valence-corrected chi connectivity index (χ1v) is 8.01. The van der Waals surface area contributed by atoms with Gasteiger partial charge in [-0.2, -0.15) is 0 Å². The van der Waals surface area contributed by atoms with Crippen molar-refractivity contribution in [1.29, 1.82) is 0 Å². The minimum absolute atomic E-state index is 0.223. The molecule has 23 heavy (non-hydrogen) atoms. The molecule has 0 spiro atoms. The van der Waals surface area contributed by atoms with Crippen LogP contribution in [0.5, 0.6) is 0 Å². The smallest absolute Gasteiger partial charge is 0.255 e. The summed E-state index contributed by atoms with van der Waals surface area (Å²) in [6.07, 6.45) is 3.71. The van der Waals surface area contributed by atoms with Gasteiger partial charge in [0.1, 0.15) is 11.9 Å². The number of carbonyl (C=O) groups excluding carboxylic acids is 3. The van der Waals surface area contributed by atoms with Crippen LogP contribution in [0.3, 0.4) is 0 Å². The van der Waals surface area contributed by atoms with Crippen molar-refractivity contribution in [1.82, 2.24) is 10.2 Å². The summed E-state index contributed by atoms with van der Waals surface area (Å²) in [6, 6.07) is 2.15. The van der Waals surface area contributed by atoms with E-state index in [0.29, 0.717) is 24.4 Å². The number of imide groups is 1. The van der Waals surface area contributed by atoms with Crippen molar-refractivity contribution in [2.75, 3.05) is 0 Å². The van der Waals surface area contributed by atoms with Crippen LogP contribution in [0.25, 0.3) is 0 Å². The molecule has 1 saturated heterocycles. The lowest BCUT2D eigenvalue weighted by Gasteiger charge is -2.30. The van der Waals surface area contributed by atoms with E-state index in [4.69, 9.17) is 0 Å². The predicted molar refractivity (Wildman–Crippen MR) is 79.0 cm³/mol. The molecule has 120 valence electrons. The number of halogens is 1. The lowest BCUT2D eigenvalue weighted by molar-refractivity contribution is -0.136. The zero-order valence-corrected chi connectivity index (χ0v) is 12.6. The molecular weight excluding hydrogens is 299 g/mol. The molecule has 1 unspecified atom stereocenters. The minimum Gasteiger partial charge on any atom is -0.322 e. The third-order valence-electron chi connectivity index (χ3n) is 5.20. The van der Waals surface area contributed by atoms with Gasteiger partial charge in [0.05, 0.1) is 0 Å². The number of fused-ring (bicyclic) bond motifs is 1. The summed E-state index contributed by atoms with van der Waals surface area (Å²) in [7, 11) is 0. The molecule has 0 aromatic heterocycles. The molecule has 1 N–H and O–H groups in total. The van der Waals surface area contributed by atoms with Gasteiger partial charge in [-0.05, 0) is 48.4 Å². The zero-order valence-electron chi connectivity index (χ0n) is 12.6. The standard InChI is InChI=1S/C17H17FN2O3/c18-10-6-11(9-2-1-3-9)13-8-20(17(23)12(13)7-10)14-4-5-15(21)19-16(14)22/h6-7,9,14H,1-5,8H2,(H,19,21,22). The topological polar surface area (TPSA) is 66.5 Å². The third kappa shape index (κ3) is 2.24. The van der Waals surface area contributed by atoms with Crippen LogP contribution in [0, 0.1) is 5.82 Å². The highest BCUT2D eigenvalue weighted by Crippen LogP contribution is 2.42. The highest BCUT2D eigenvalue weighted by atomic mass is 19.1. The first kappa shape index (κ1) is 14.4. The average Bonchev–Trinajstić information content (AvgIpc) is 2.75. The fourth-order valence-corrected chi connectivity index (χ4v) is 3.74. The molecule has 5 nitrogen and oxygen atoms in total. The maximum absolute atomic E-state index is 13.9. The number of amides is 3. The monoisotopic (exact) mass is 316 g/mol. The van der Waals surface area contributed by atoms with Gasteiger partial charge >= 0.3 is 0 Å². The molecule has 0 bridgehead atoms. The van der Waals surface area contributed by atoms with E-state index >= 15 is 0 Å². The van der Waals surface area contributed by atoms with Gasteiger partial charge in [0.2, 0.25) is 11.8 Å². The van der Waals surface area contributed by atoms with Crippen LogP contribution in [-0.2, 0) is 16.1 Å². The number of nitrogens with zero attached hydrogens (tertiary/aromatic N) is 1. The van der Waals surface area contributed by atoms with Gasteiger partial charge < -0.3 is 4.90 Å². The Labute approximate surface area is 132 Å². The van der Waals surface area contributed by atoms with Crippen molar-refractivity contribution in [2.45, 2.75) is 50.6 Å². The largest absolute Gasteiger partial charge is 0.322 e. The molecule has 1 aromatic carbocycles. The molecule has 6 heteroatoms. The molecule has 1 saturated carbocycles. The van der Waals surface area contributed by atoms with Crippen molar-refractivity contribution in [3.05, 3.63) is 34.6 Å². The molecule has 3 amide bonds. The molecule has 1 atom stereocenters. The van der Waals surface area contributed by atoms with Gasteiger partial charge in [0.15, 0.2) is 0 Å². The van der Waals surface area contributed by atoms with E-state index in [1.807, 2.05) is 0 Å². The van der Waals surface area contributed by atoms with Crippen LogP contribution in [0.1, 0.15) is 59.5 Å². The van der Waals surface area contributed by atoms with Gasteiger partial charge in [-0.15, -0.1) is 0 Å². The summed E-state index contributed by atoms with van der Waals surface area (Å²) in [5.41, 5.74) is 2.14. The number of benzene rings is 1. The summed E-state index contributed by atoms with van der Waals surface area (Å²) in [5, 5.41) is 2.28. The normalized spacial score (nSPS) is 24.5. The summed E-state index contributed by atoms with van der Waals surface area (Å²) >= 11 is 0. The number of piperidine rings is 1. The van der Waals surface area contributed by atoms with E-state index in [1.165, 1.54) is 17.0 Å². The summed E-state index contributed by atoms with van der Waals surface area (Å²) in [4.78, 5) is 37.5. The Morgan fingerprint density at radius 3 is 2.57 bits per heavy atom. The van der Waals surface area contributed by atoms with Gasteiger partial charge in [0.25, 0.3) is 5.91 Å². The molecule has 4 rings (SSSR count). The maximum atomic E-state index is 13.9. The Morgan fingerprint density at radius 2 is 1.91 bits per heavy atom. The van der Waals surface area contributed by atoms with E-state index in [-0.39, 0.29) is 18.2 Å². The Balaban J connectivity index is 1.67. The first-order chi connectivity index (χ1) is 11.0. The van der Waals surface area contributed by atoms with E-state index in [2.05, 4.69) is 5.32 Å². The van der Waals surface area contributed by atoms with Crippen LogP contribution >= 0.6 is 0 Å². The molecule has 1 aromatic rings. The third-order valence-corrected chi connectivity index (χ3v) is 5.20. The lowest BCUT2D eigenvalue weighted by atomic mass is 9.77. The van der Waals surface area contributed by atoms with Crippen molar-refractivity contribution in [3.8, 4) is 0 Å². The van der Waals surface area contributed by atoms with Crippen molar-refractivity contribution >= 4 is 17.7 Å². The summed E-state index contributed by atoms with van der Waals surface area (Å²) in [6.45, 7) is 0.326. The zero-order chi connectivity index (χ0) is 16.1. The average molecular weight is 316 g/mol. The lowest BCUT2D eigenvalue weighted by Crippen LogP contribution is -2.52. The molecule has 3 aliphatic rings.